The van der Waals surface area contributed by atoms with Crippen LogP contribution in [0.25, 0.3) is 0 Å². The molecule has 1 aliphatic rings. The third-order valence-corrected chi connectivity index (χ3v) is 3.85. The van der Waals surface area contributed by atoms with Crippen LogP contribution in [-0.4, -0.2) is 56.1 Å². The third kappa shape index (κ3) is 6.34. The summed E-state index contributed by atoms with van der Waals surface area (Å²) in [5.41, 5.74) is 5.90. The van der Waals surface area contributed by atoms with Gasteiger partial charge in [0.05, 0.1) is 13.7 Å². The maximum Gasteiger partial charge on any atom is 0.305 e. The first-order chi connectivity index (χ1) is 9.52. The molecule has 1 rings (SSSR count). The number of hydrogen-bond acceptors (Lipinski definition) is 5. The van der Waals surface area contributed by atoms with E-state index in [1.165, 1.54) is 7.11 Å². The molecular weight excluding hydrogens is 258 g/mol. The van der Waals surface area contributed by atoms with Crippen molar-refractivity contribution in [1.82, 2.24) is 10.2 Å². The number of nitrogens with zero attached hydrogens (tertiary/aromatic N) is 1. The number of hydrogen-bond donors (Lipinski definition) is 2. The van der Waals surface area contributed by atoms with Crippen LogP contribution in [0.1, 0.15) is 32.6 Å². The SMILES string of the molecule is COC(=O)CCCNC(=O)CN1CCC(C(C)N)CC1. The lowest BCUT2D eigenvalue weighted by Crippen LogP contribution is -2.44. The summed E-state index contributed by atoms with van der Waals surface area (Å²) in [6.45, 7) is 4.87. The van der Waals surface area contributed by atoms with Crippen LogP contribution in [0.4, 0.5) is 0 Å². The van der Waals surface area contributed by atoms with Gasteiger partial charge in [0.1, 0.15) is 0 Å². The fourth-order valence-corrected chi connectivity index (χ4v) is 2.46. The number of carbonyl (C=O) groups excluding carboxylic acids is 2. The Hall–Kier alpha value is -1.14. The first kappa shape index (κ1) is 16.9. The molecule has 1 atom stereocenters. The monoisotopic (exact) mass is 285 g/mol. The van der Waals surface area contributed by atoms with Gasteiger partial charge in [-0.1, -0.05) is 0 Å². The van der Waals surface area contributed by atoms with E-state index in [0.717, 1.165) is 25.9 Å². The highest BCUT2D eigenvalue weighted by Gasteiger charge is 2.22. The maximum absolute atomic E-state index is 11.7. The Bertz CT molecular complexity index is 313. The standard InChI is InChI=1S/C14H27N3O3/c1-11(15)12-5-8-17(9-6-12)10-13(18)16-7-3-4-14(19)20-2/h11-12H,3-10,15H2,1-2H3,(H,16,18). The minimum Gasteiger partial charge on any atom is -0.469 e. The van der Waals surface area contributed by atoms with Gasteiger partial charge in [0.15, 0.2) is 0 Å². The van der Waals surface area contributed by atoms with Gasteiger partial charge in [-0.15, -0.1) is 0 Å². The molecule has 1 unspecified atom stereocenters. The number of rotatable bonds is 7. The molecule has 1 heterocycles. The summed E-state index contributed by atoms with van der Waals surface area (Å²) in [5, 5.41) is 2.83. The van der Waals surface area contributed by atoms with E-state index in [1.807, 2.05) is 6.92 Å². The van der Waals surface area contributed by atoms with Crippen LogP contribution in [0.3, 0.4) is 0 Å². The second kappa shape index (κ2) is 8.92. The quantitative estimate of drug-likeness (QED) is 0.512. The van der Waals surface area contributed by atoms with Gasteiger partial charge in [-0.2, -0.15) is 0 Å². The molecule has 0 aromatic heterocycles. The fraction of sp³-hybridized carbons (Fsp3) is 0.857. The summed E-state index contributed by atoms with van der Waals surface area (Å²) in [7, 11) is 1.37. The lowest BCUT2D eigenvalue weighted by Gasteiger charge is -2.33. The normalized spacial score (nSPS) is 18.6. The molecule has 0 spiro atoms. The van der Waals surface area contributed by atoms with Crippen LogP contribution in [0.15, 0.2) is 0 Å². The highest BCUT2D eigenvalue weighted by Crippen LogP contribution is 2.18. The number of methoxy groups -OCH3 is 1. The van der Waals surface area contributed by atoms with Gasteiger partial charge >= 0.3 is 5.97 Å². The average Bonchev–Trinajstić information content (AvgIpc) is 2.43. The molecular formula is C14H27N3O3. The minimum atomic E-state index is -0.239. The van der Waals surface area contributed by atoms with Crippen molar-refractivity contribution in [3.8, 4) is 0 Å². The first-order valence-corrected chi connectivity index (χ1v) is 7.34. The highest BCUT2D eigenvalue weighted by molar-refractivity contribution is 5.78. The van der Waals surface area contributed by atoms with Gasteiger partial charge in [0.25, 0.3) is 0 Å². The molecule has 1 amide bonds. The Morgan fingerprint density at radius 1 is 1.40 bits per heavy atom. The number of esters is 1. The van der Waals surface area contributed by atoms with E-state index in [0.29, 0.717) is 31.8 Å². The average molecular weight is 285 g/mol. The van der Waals surface area contributed by atoms with Crippen molar-refractivity contribution < 1.29 is 14.3 Å². The summed E-state index contributed by atoms with van der Waals surface area (Å²) in [4.78, 5) is 24.8. The molecule has 0 aromatic carbocycles. The van der Waals surface area contributed by atoms with Gasteiger partial charge in [0, 0.05) is 19.0 Å². The molecule has 0 aliphatic carbocycles. The minimum absolute atomic E-state index is 0.0223. The van der Waals surface area contributed by atoms with Gasteiger partial charge in [-0.05, 0) is 45.2 Å². The van der Waals surface area contributed by atoms with Crippen LogP contribution in [-0.2, 0) is 14.3 Å². The van der Waals surface area contributed by atoms with E-state index >= 15 is 0 Å². The molecule has 1 saturated heterocycles. The van der Waals surface area contributed by atoms with Crippen LogP contribution in [0, 0.1) is 5.92 Å². The molecule has 0 aromatic rings. The van der Waals surface area contributed by atoms with Crippen LogP contribution in [0.2, 0.25) is 0 Å². The molecule has 6 nitrogen and oxygen atoms in total. The second-order valence-corrected chi connectivity index (χ2v) is 5.50. The molecule has 1 aliphatic heterocycles. The number of carbonyl (C=O) groups is 2. The molecule has 1 fully saturated rings. The van der Waals surface area contributed by atoms with Gasteiger partial charge in [0.2, 0.25) is 5.91 Å². The number of likely N-dealkylation sites (tertiary alicyclic amines) is 1. The number of nitrogens with two attached hydrogens (primary N) is 1. The molecule has 0 radical (unpaired) electrons. The van der Waals surface area contributed by atoms with E-state index in [-0.39, 0.29) is 17.9 Å². The Morgan fingerprint density at radius 2 is 2.05 bits per heavy atom. The zero-order valence-corrected chi connectivity index (χ0v) is 12.6. The Kier molecular flexibility index (Phi) is 7.54. The van der Waals surface area contributed by atoms with E-state index in [9.17, 15) is 9.59 Å². The van der Waals surface area contributed by atoms with Gasteiger partial charge in [-0.25, -0.2) is 0 Å². The van der Waals surface area contributed by atoms with Crippen molar-refractivity contribution in [3.05, 3.63) is 0 Å². The summed E-state index contributed by atoms with van der Waals surface area (Å²) in [6.07, 6.45) is 3.09. The van der Waals surface area contributed by atoms with E-state index in [1.54, 1.807) is 0 Å². The predicted molar refractivity (Wildman–Crippen MR) is 77.1 cm³/mol. The van der Waals surface area contributed by atoms with Crippen LogP contribution < -0.4 is 11.1 Å². The van der Waals surface area contributed by atoms with Crippen molar-refractivity contribution in [2.24, 2.45) is 11.7 Å². The topological polar surface area (TPSA) is 84.7 Å². The Morgan fingerprint density at radius 3 is 2.60 bits per heavy atom. The van der Waals surface area contributed by atoms with Gasteiger partial charge in [-0.3, -0.25) is 14.5 Å². The van der Waals surface area contributed by atoms with Crippen LogP contribution >= 0.6 is 0 Å². The third-order valence-electron chi connectivity index (χ3n) is 3.85. The Labute approximate surface area is 121 Å². The molecule has 0 bridgehead atoms. The molecule has 20 heavy (non-hydrogen) atoms. The summed E-state index contributed by atoms with van der Waals surface area (Å²) in [5.74, 6) is 0.362. The fourth-order valence-electron chi connectivity index (χ4n) is 2.46. The lowest BCUT2D eigenvalue weighted by atomic mass is 9.91. The van der Waals surface area contributed by atoms with Crippen molar-refractivity contribution >= 4 is 11.9 Å². The lowest BCUT2D eigenvalue weighted by molar-refractivity contribution is -0.140. The number of amides is 1. The van der Waals surface area contributed by atoms with Crippen molar-refractivity contribution in [2.75, 3.05) is 33.3 Å². The van der Waals surface area contributed by atoms with Crippen LogP contribution in [0.5, 0.6) is 0 Å². The maximum atomic E-state index is 11.7. The van der Waals surface area contributed by atoms with Crippen molar-refractivity contribution in [2.45, 2.75) is 38.6 Å². The van der Waals surface area contributed by atoms with Crippen molar-refractivity contribution in [1.29, 1.82) is 0 Å². The summed E-state index contributed by atoms with van der Waals surface area (Å²) in [6, 6.07) is 0.240. The van der Waals surface area contributed by atoms with E-state index in [4.69, 9.17) is 5.73 Å². The second-order valence-electron chi connectivity index (χ2n) is 5.50. The summed E-state index contributed by atoms with van der Waals surface area (Å²) < 4.78 is 4.54. The molecule has 116 valence electrons. The molecule has 3 N–H and O–H groups in total. The number of piperidine rings is 1. The Balaban J connectivity index is 2.10. The van der Waals surface area contributed by atoms with E-state index < -0.39 is 0 Å². The highest BCUT2D eigenvalue weighted by atomic mass is 16.5. The number of ether oxygens (including phenoxy) is 1. The first-order valence-electron chi connectivity index (χ1n) is 7.34. The predicted octanol–water partition coefficient (Wildman–Crippen LogP) is 0.115. The smallest absolute Gasteiger partial charge is 0.305 e. The molecule has 0 saturated carbocycles. The zero-order valence-electron chi connectivity index (χ0n) is 12.6. The number of nitrogens with one attached hydrogen (secondary N) is 1. The summed E-state index contributed by atoms with van der Waals surface area (Å²) >= 11 is 0. The van der Waals surface area contributed by atoms with Gasteiger partial charge < -0.3 is 15.8 Å². The van der Waals surface area contributed by atoms with Crippen molar-refractivity contribution in [3.63, 3.8) is 0 Å². The largest absolute Gasteiger partial charge is 0.469 e. The van der Waals surface area contributed by atoms with E-state index in [2.05, 4.69) is 15.0 Å². The molecule has 6 heteroatoms. The zero-order chi connectivity index (χ0) is 15.0.